The standard InChI is InChI=1S/C16H21F3N2O/c17-13-2-1-12(14(18)15(13)19)16(11-3-9-22-10-4-11)21-7-5-20-6-8-21/h1-2,11,16,20H,3-10H2/t16-/m0/s1. The van der Waals surface area contributed by atoms with Gasteiger partial charge in [-0.25, -0.2) is 13.2 Å². The molecule has 1 atom stereocenters. The summed E-state index contributed by atoms with van der Waals surface area (Å²) in [7, 11) is 0. The molecule has 2 aliphatic rings. The summed E-state index contributed by atoms with van der Waals surface area (Å²) < 4.78 is 46.7. The highest BCUT2D eigenvalue weighted by atomic mass is 19.2. The van der Waals surface area contributed by atoms with E-state index in [1.807, 2.05) is 0 Å². The minimum atomic E-state index is -1.37. The van der Waals surface area contributed by atoms with E-state index in [9.17, 15) is 13.2 Å². The Morgan fingerprint density at radius 1 is 1.05 bits per heavy atom. The van der Waals surface area contributed by atoms with E-state index in [4.69, 9.17) is 4.74 Å². The third kappa shape index (κ3) is 3.14. The van der Waals surface area contributed by atoms with Gasteiger partial charge in [0.15, 0.2) is 17.5 Å². The number of piperazine rings is 1. The molecule has 0 radical (unpaired) electrons. The fourth-order valence-corrected chi connectivity index (χ4v) is 3.51. The van der Waals surface area contributed by atoms with Gasteiger partial charge in [-0.1, -0.05) is 6.07 Å². The molecule has 0 amide bonds. The summed E-state index contributed by atoms with van der Waals surface area (Å²) in [5.74, 6) is -3.35. The summed E-state index contributed by atoms with van der Waals surface area (Å²) in [6.07, 6.45) is 1.63. The number of benzene rings is 1. The van der Waals surface area contributed by atoms with E-state index in [1.165, 1.54) is 6.07 Å². The SMILES string of the molecule is Fc1ccc([C@H](C2CCOCC2)N2CCNCC2)c(F)c1F. The first-order valence-corrected chi connectivity index (χ1v) is 7.84. The van der Waals surface area contributed by atoms with Gasteiger partial charge in [-0.05, 0) is 24.8 Å². The highest BCUT2D eigenvalue weighted by molar-refractivity contribution is 5.25. The van der Waals surface area contributed by atoms with Crippen LogP contribution in [-0.4, -0.2) is 44.3 Å². The summed E-state index contributed by atoms with van der Waals surface area (Å²) >= 11 is 0. The topological polar surface area (TPSA) is 24.5 Å². The van der Waals surface area contributed by atoms with E-state index in [0.717, 1.165) is 45.1 Å². The largest absolute Gasteiger partial charge is 0.381 e. The molecule has 0 bridgehead atoms. The van der Waals surface area contributed by atoms with Crippen LogP contribution in [-0.2, 0) is 4.74 Å². The summed E-state index contributed by atoms with van der Waals surface area (Å²) in [6, 6.07) is 2.21. The van der Waals surface area contributed by atoms with Crippen LogP contribution in [0.15, 0.2) is 12.1 Å². The number of nitrogens with one attached hydrogen (secondary N) is 1. The summed E-state index contributed by atoms with van der Waals surface area (Å²) in [5.41, 5.74) is 0.271. The molecule has 122 valence electrons. The maximum absolute atomic E-state index is 14.3. The Kier molecular flexibility index (Phi) is 5.00. The van der Waals surface area contributed by atoms with Crippen LogP contribution in [0.4, 0.5) is 13.2 Å². The van der Waals surface area contributed by atoms with Crippen LogP contribution in [0.5, 0.6) is 0 Å². The van der Waals surface area contributed by atoms with Crippen molar-refractivity contribution in [1.29, 1.82) is 0 Å². The molecule has 2 saturated heterocycles. The van der Waals surface area contributed by atoms with Gasteiger partial charge in [0.1, 0.15) is 0 Å². The Morgan fingerprint density at radius 2 is 1.73 bits per heavy atom. The van der Waals surface area contributed by atoms with E-state index in [0.29, 0.717) is 13.2 Å². The van der Waals surface area contributed by atoms with E-state index < -0.39 is 17.5 Å². The molecule has 2 fully saturated rings. The fraction of sp³-hybridized carbons (Fsp3) is 0.625. The zero-order valence-electron chi connectivity index (χ0n) is 12.5. The Morgan fingerprint density at radius 3 is 2.41 bits per heavy atom. The van der Waals surface area contributed by atoms with Crippen molar-refractivity contribution in [1.82, 2.24) is 10.2 Å². The lowest BCUT2D eigenvalue weighted by Crippen LogP contribution is -2.47. The van der Waals surface area contributed by atoms with Crippen LogP contribution in [0.3, 0.4) is 0 Å². The van der Waals surface area contributed by atoms with Crippen LogP contribution in [0, 0.1) is 23.4 Å². The average Bonchev–Trinajstić information content (AvgIpc) is 2.57. The molecule has 2 aliphatic heterocycles. The average molecular weight is 314 g/mol. The van der Waals surface area contributed by atoms with Crippen molar-refractivity contribution in [2.24, 2.45) is 5.92 Å². The van der Waals surface area contributed by atoms with Crippen LogP contribution in [0.25, 0.3) is 0 Å². The highest BCUT2D eigenvalue weighted by Gasteiger charge is 2.34. The Labute approximate surface area is 128 Å². The van der Waals surface area contributed by atoms with Crippen LogP contribution >= 0.6 is 0 Å². The predicted octanol–water partition coefficient (Wildman–Crippen LogP) is 2.48. The van der Waals surface area contributed by atoms with Crippen molar-refractivity contribution in [3.05, 3.63) is 35.1 Å². The van der Waals surface area contributed by atoms with Gasteiger partial charge in [-0.2, -0.15) is 0 Å². The van der Waals surface area contributed by atoms with Crippen molar-refractivity contribution >= 4 is 0 Å². The predicted molar refractivity (Wildman–Crippen MR) is 77.0 cm³/mol. The van der Waals surface area contributed by atoms with Gasteiger partial charge in [0.25, 0.3) is 0 Å². The first-order valence-electron chi connectivity index (χ1n) is 7.84. The summed E-state index contributed by atoms with van der Waals surface area (Å²) in [5, 5.41) is 3.26. The molecule has 0 spiro atoms. The fourth-order valence-electron chi connectivity index (χ4n) is 3.51. The first kappa shape index (κ1) is 15.8. The summed E-state index contributed by atoms with van der Waals surface area (Å²) in [4.78, 5) is 2.18. The number of hydrogen-bond donors (Lipinski definition) is 1. The second-order valence-electron chi connectivity index (χ2n) is 5.95. The molecule has 6 heteroatoms. The van der Waals surface area contributed by atoms with E-state index >= 15 is 0 Å². The molecule has 0 aliphatic carbocycles. The summed E-state index contributed by atoms with van der Waals surface area (Å²) in [6.45, 7) is 4.48. The van der Waals surface area contributed by atoms with Gasteiger partial charge in [0.2, 0.25) is 0 Å². The number of hydrogen-bond acceptors (Lipinski definition) is 3. The molecule has 3 rings (SSSR count). The zero-order chi connectivity index (χ0) is 15.5. The molecule has 1 aromatic rings. The minimum absolute atomic E-state index is 0.200. The molecule has 0 aromatic heterocycles. The van der Waals surface area contributed by atoms with Crippen molar-refractivity contribution in [2.75, 3.05) is 39.4 Å². The van der Waals surface area contributed by atoms with Gasteiger partial charge in [-0.15, -0.1) is 0 Å². The molecular weight excluding hydrogens is 293 g/mol. The third-order valence-electron chi connectivity index (χ3n) is 4.64. The third-order valence-corrected chi connectivity index (χ3v) is 4.64. The first-order chi connectivity index (χ1) is 10.7. The minimum Gasteiger partial charge on any atom is -0.381 e. The second-order valence-corrected chi connectivity index (χ2v) is 5.95. The maximum Gasteiger partial charge on any atom is 0.194 e. The van der Waals surface area contributed by atoms with Gasteiger partial charge in [-0.3, -0.25) is 4.90 Å². The molecule has 22 heavy (non-hydrogen) atoms. The number of rotatable bonds is 3. The molecule has 1 aromatic carbocycles. The Hall–Kier alpha value is -1.11. The lowest BCUT2D eigenvalue weighted by Gasteiger charge is -2.41. The van der Waals surface area contributed by atoms with Crippen molar-refractivity contribution in [3.8, 4) is 0 Å². The van der Waals surface area contributed by atoms with Crippen molar-refractivity contribution in [2.45, 2.75) is 18.9 Å². The van der Waals surface area contributed by atoms with E-state index in [-0.39, 0.29) is 17.5 Å². The molecule has 1 N–H and O–H groups in total. The van der Waals surface area contributed by atoms with E-state index in [1.54, 1.807) is 0 Å². The lowest BCUT2D eigenvalue weighted by molar-refractivity contribution is 0.0200. The normalized spacial score (nSPS) is 22.7. The van der Waals surface area contributed by atoms with Crippen molar-refractivity contribution in [3.63, 3.8) is 0 Å². The quantitative estimate of drug-likeness (QED) is 0.868. The smallest absolute Gasteiger partial charge is 0.194 e. The lowest BCUT2D eigenvalue weighted by atomic mass is 9.85. The van der Waals surface area contributed by atoms with Gasteiger partial charge in [0.05, 0.1) is 0 Å². The molecule has 3 nitrogen and oxygen atoms in total. The molecule has 0 saturated carbocycles. The number of ether oxygens (including phenoxy) is 1. The Bertz CT molecular complexity index is 496. The number of nitrogens with zero attached hydrogens (tertiary/aromatic N) is 1. The monoisotopic (exact) mass is 314 g/mol. The van der Waals surface area contributed by atoms with Crippen LogP contribution in [0.2, 0.25) is 0 Å². The van der Waals surface area contributed by atoms with Gasteiger partial charge < -0.3 is 10.1 Å². The zero-order valence-corrected chi connectivity index (χ0v) is 12.5. The maximum atomic E-state index is 14.3. The van der Waals surface area contributed by atoms with Crippen LogP contribution < -0.4 is 5.32 Å². The van der Waals surface area contributed by atoms with Gasteiger partial charge in [0, 0.05) is 51.0 Å². The van der Waals surface area contributed by atoms with Crippen molar-refractivity contribution < 1.29 is 17.9 Å². The van der Waals surface area contributed by atoms with E-state index in [2.05, 4.69) is 10.2 Å². The van der Waals surface area contributed by atoms with Crippen LogP contribution in [0.1, 0.15) is 24.4 Å². The Balaban J connectivity index is 1.94. The number of halogens is 3. The molecule has 2 heterocycles. The second kappa shape index (κ2) is 6.98. The van der Waals surface area contributed by atoms with Gasteiger partial charge >= 0.3 is 0 Å². The molecular formula is C16H21F3N2O. The highest BCUT2D eigenvalue weighted by Crippen LogP contribution is 2.37. The molecule has 0 unspecified atom stereocenters.